The maximum atomic E-state index is 11.1. The van der Waals surface area contributed by atoms with Gasteiger partial charge in [-0.25, -0.2) is 4.79 Å². The van der Waals surface area contributed by atoms with Crippen LogP contribution in [0.2, 0.25) is 0 Å². The SMILES string of the molecule is CC(C)(C)CN(CO)C(=O)NCO. The number of nitrogens with zero attached hydrogens (tertiary/aromatic N) is 1. The Morgan fingerprint density at radius 1 is 1.38 bits per heavy atom. The zero-order valence-electron chi connectivity index (χ0n) is 8.37. The predicted molar refractivity (Wildman–Crippen MR) is 48.9 cm³/mol. The Bertz CT molecular complexity index is 165. The number of amides is 2. The summed E-state index contributed by atoms with van der Waals surface area (Å²) >= 11 is 0. The maximum Gasteiger partial charge on any atom is 0.321 e. The summed E-state index contributed by atoms with van der Waals surface area (Å²) in [5, 5.41) is 19.5. The van der Waals surface area contributed by atoms with E-state index in [2.05, 4.69) is 5.32 Å². The van der Waals surface area contributed by atoms with Gasteiger partial charge in [0.05, 0.1) is 0 Å². The van der Waals surface area contributed by atoms with Crippen molar-refractivity contribution in [2.75, 3.05) is 20.0 Å². The fourth-order valence-corrected chi connectivity index (χ4v) is 0.938. The number of aliphatic hydroxyl groups is 2. The second kappa shape index (κ2) is 5.04. The fraction of sp³-hybridized carbons (Fsp3) is 0.875. The Kier molecular flexibility index (Phi) is 4.72. The number of hydrogen-bond donors (Lipinski definition) is 3. The maximum absolute atomic E-state index is 11.1. The molecule has 0 aliphatic carbocycles. The van der Waals surface area contributed by atoms with Crippen LogP contribution in [0.5, 0.6) is 0 Å². The second-order valence-electron chi connectivity index (χ2n) is 4.04. The Hall–Kier alpha value is -0.810. The van der Waals surface area contributed by atoms with Gasteiger partial charge in [0, 0.05) is 6.54 Å². The molecule has 0 saturated heterocycles. The zero-order chi connectivity index (χ0) is 10.5. The summed E-state index contributed by atoms with van der Waals surface area (Å²) in [5.41, 5.74) is -0.0739. The number of nitrogens with one attached hydrogen (secondary N) is 1. The summed E-state index contributed by atoms with van der Waals surface area (Å²) in [6.07, 6.45) is 0. The molecule has 0 aromatic carbocycles. The smallest absolute Gasteiger partial charge is 0.321 e. The molecule has 0 aromatic rings. The highest BCUT2D eigenvalue weighted by Crippen LogP contribution is 2.14. The number of carbonyl (C=O) groups excluding carboxylic acids is 1. The molecule has 0 bridgehead atoms. The lowest BCUT2D eigenvalue weighted by Crippen LogP contribution is -2.44. The average Bonchev–Trinajstić information content (AvgIpc) is 1.99. The van der Waals surface area contributed by atoms with Gasteiger partial charge >= 0.3 is 6.03 Å². The molecule has 0 aliphatic rings. The van der Waals surface area contributed by atoms with Crippen LogP contribution in [0.4, 0.5) is 4.79 Å². The Morgan fingerprint density at radius 3 is 2.23 bits per heavy atom. The molecule has 0 aromatic heterocycles. The van der Waals surface area contributed by atoms with Crippen LogP contribution >= 0.6 is 0 Å². The minimum Gasteiger partial charge on any atom is -0.376 e. The van der Waals surface area contributed by atoms with Crippen molar-refractivity contribution in [2.24, 2.45) is 5.41 Å². The molecular weight excluding hydrogens is 172 g/mol. The summed E-state index contributed by atoms with van der Waals surface area (Å²) in [4.78, 5) is 12.4. The molecular formula is C8H18N2O3. The van der Waals surface area contributed by atoms with Crippen molar-refractivity contribution in [3.63, 3.8) is 0 Å². The van der Waals surface area contributed by atoms with Gasteiger partial charge in [-0.15, -0.1) is 0 Å². The fourth-order valence-electron chi connectivity index (χ4n) is 0.938. The lowest BCUT2D eigenvalue weighted by molar-refractivity contribution is 0.0926. The highest BCUT2D eigenvalue weighted by atomic mass is 16.3. The molecule has 78 valence electrons. The first-order valence-corrected chi connectivity index (χ1v) is 4.15. The third kappa shape index (κ3) is 5.43. The van der Waals surface area contributed by atoms with Crippen LogP contribution in [0.3, 0.4) is 0 Å². The first-order chi connectivity index (χ1) is 5.90. The second-order valence-corrected chi connectivity index (χ2v) is 4.04. The summed E-state index contributed by atoms with van der Waals surface area (Å²) in [6, 6.07) is -0.458. The molecule has 0 heterocycles. The molecule has 0 rings (SSSR count). The molecule has 5 nitrogen and oxygen atoms in total. The van der Waals surface area contributed by atoms with Crippen molar-refractivity contribution in [1.29, 1.82) is 0 Å². The van der Waals surface area contributed by atoms with Gasteiger partial charge in [-0.3, -0.25) is 0 Å². The number of aliphatic hydroxyl groups excluding tert-OH is 2. The van der Waals surface area contributed by atoms with Crippen LogP contribution < -0.4 is 5.32 Å². The molecule has 0 fully saturated rings. The topological polar surface area (TPSA) is 72.8 Å². The molecule has 2 amide bonds. The first-order valence-electron chi connectivity index (χ1n) is 4.15. The van der Waals surface area contributed by atoms with Crippen LogP contribution in [-0.2, 0) is 0 Å². The highest BCUT2D eigenvalue weighted by Gasteiger charge is 2.19. The van der Waals surface area contributed by atoms with Crippen LogP contribution in [0.25, 0.3) is 0 Å². The van der Waals surface area contributed by atoms with Crippen LogP contribution in [0.1, 0.15) is 20.8 Å². The molecule has 3 N–H and O–H groups in total. The third-order valence-corrected chi connectivity index (χ3v) is 1.35. The van der Waals surface area contributed by atoms with Crippen LogP contribution in [-0.4, -0.2) is 41.2 Å². The third-order valence-electron chi connectivity index (χ3n) is 1.35. The minimum absolute atomic E-state index is 0.0739. The molecule has 0 saturated carbocycles. The summed E-state index contributed by atoms with van der Waals surface area (Å²) in [5.74, 6) is 0. The van der Waals surface area contributed by atoms with Crippen LogP contribution in [0.15, 0.2) is 0 Å². The van der Waals surface area contributed by atoms with Crippen molar-refractivity contribution in [1.82, 2.24) is 10.2 Å². The standard InChI is InChI=1S/C8H18N2O3/c1-8(2,3)4-10(6-12)7(13)9-5-11/h11-12H,4-6H2,1-3H3,(H,9,13). The first kappa shape index (κ1) is 12.2. The number of rotatable bonds is 3. The molecule has 0 spiro atoms. The van der Waals surface area contributed by atoms with Crippen molar-refractivity contribution in [3.05, 3.63) is 0 Å². The van der Waals surface area contributed by atoms with E-state index in [1.807, 2.05) is 20.8 Å². The predicted octanol–water partition coefficient (Wildman–Crippen LogP) is -0.0563. The van der Waals surface area contributed by atoms with Gasteiger partial charge in [0.25, 0.3) is 0 Å². The van der Waals surface area contributed by atoms with E-state index in [0.717, 1.165) is 0 Å². The van der Waals surface area contributed by atoms with Crippen molar-refractivity contribution < 1.29 is 15.0 Å². The van der Waals surface area contributed by atoms with Crippen molar-refractivity contribution in [3.8, 4) is 0 Å². The molecule has 0 radical (unpaired) electrons. The van der Waals surface area contributed by atoms with E-state index in [9.17, 15) is 4.79 Å². The summed E-state index contributed by atoms with van der Waals surface area (Å²) in [7, 11) is 0. The van der Waals surface area contributed by atoms with Crippen molar-refractivity contribution in [2.45, 2.75) is 20.8 Å². The number of hydrogen-bond acceptors (Lipinski definition) is 3. The van der Waals surface area contributed by atoms with E-state index in [1.54, 1.807) is 0 Å². The number of urea groups is 1. The Balaban J connectivity index is 4.10. The van der Waals surface area contributed by atoms with Gasteiger partial charge in [-0.1, -0.05) is 20.8 Å². The average molecular weight is 190 g/mol. The van der Waals surface area contributed by atoms with Gasteiger partial charge in [-0.2, -0.15) is 0 Å². The molecule has 0 atom stereocenters. The molecule has 13 heavy (non-hydrogen) atoms. The summed E-state index contributed by atoms with van der Waals surface area (Å²) < 4.78 is 0. The minimum atomic E-state index is -0.458. The zero-order valence-corrected chi connectivity index (χ0v) is 8.37. The monoisotopic (exact) mass is 190 g/mol. The van der Waals surface area contributed by atoms with E-state index in [1.165, 1.54) is 4.90 Å². The lowest BCUT2D eigenvalue weighted by Gasteiger charge is -2.28. The van der Waals surface area contributed by atoms with E-state index in [-0.39, 0.29) is 12.1 Å². The highest BCUT2D eigenvalue weighted by molar-refractivity contribution is 5.73. The molecule has 0 aliphatic heterocycles. The quantitative estimate of drug-likeness (QED) is 0.546. The number of carbonyl (C=O) groups is 1. The Morgan fingerprint density at radius 2 is 1.92 bits per heavy atom. The van der Waals surface area contributed by atoms with E-state index in [4.69, 9.17) is 10.2 Å². The normalized spacial score (nSPS) is 11.2. The molecule has 0 unspecified atom stereocenters. The van der Waals surface area contributed by atoms with Gasteiger partial charge in [-0.05, 0) is 5.41 Å². The lowest BCUT2D eigenvalue weighted by atomic mass is 9.96. The summed E-state index contributed by atoms with van der Waals surface area (Å²) in [6.45, 7) is 5.56. The van der Waals surface area contributed by atoms with Gasteiger partial charge in [0.15, 0.2) is 0 Å². The van der Waals surface area contributed by atoms with E-state index in [0.29, 0.717) is 6.54 Å². The van der Waals surface area contributed by atoms with Gasteiger partial charge in [0.2, 0.25) is 0 Å². The largest absolute Gasteiger partial charge is 0.376 e. The van der Waals surface area contributed by atoms with Gasteiger partial charge < -0.3 is 20.4 Å². The molecule has 5 heteroatoms. The van der Waals surface area contributed by atoms with Crippen LogP contribution in [0, 0.1) is 5.41 Å². The van der Waals surface area contributed by atoms with Crippen molar-refractivity contribution >= 4 is 6.03 Å². The van der Waals surface area contributed by atoms with E-state index < -0.39 is 12.8 Å². The van der Waals surface area contributed by atoms with E-state index >= 15 is 0 Å². The Labute approximate surface area is 78.4 Å². The van der Waals surface area contributed by atoms with Gasteiger partial charge in [0.1, 0.15) is 13.5 Å².